The Hall–Kier alpha value is -1.88. The summed E-state index contributed by atoms with van der Waals surface area (Å²) in [6, 6.07) is 10.4. The average Bonchev–Trinajstić information content (AvgIpc) is 2.63. The molecule has 2 heterocycles. The van der Waals surface area contributed by atoms with Crippen LogP contribution < -0.4 is 0 Å². The topological polar surface area (TPSA) is 43.9 Å². The SMILES string of the molecule is CC1CCN(C(=O)C(=O)N2CCN(Cc3ccccc3)CC2)CC1. The molecule has 0 unspecified atom stereocenters. The molecule has 2 fully saturated rings. The Bertz CT molecular complexity index is 559. The Morgan fingerprint density at radius 2 is 1.42 bits per heavy atom. The highest BCUT2D eigenvalue weighted by Gasteiger charge is 2.31. The average molecular weight is 329 g/mol. The number of likely N-dealkylation sites (tertiary alicyclic amines) is 1. The highest BCUT2D eigenvalue weighted by molar-refractivity contribution is 6.34. The van der Waals surface area contributed by atoms with E-state index in [0.29, 0.717) is 19.0 Å². The molecule has 1 aromatic carbocycles. The van der Waals surface area contributed by atoms with Gasteiger partial charge in [-0.05, 0) is 24.3 Å². The van der Waals surface area contributed by atoms with Gasteiger partial charge in [0.15, 0.2) is 0 Å². The van der Waals surface area contributed by atoms with E-state index in [-0.39, 0.29) is 11.8 Å². The number of benzene rings is 1. The Morgan fingerprint density at radius 3 is 2.00 bits per heavy atom. The lowest BCUT2D eigenvalue weighted by molar-refractivity contribution is -0.153. The molecule has 3 rings (SSSR count). The predicted octanol–water partition coefficient (Wildman–Crippen LogP) is 1.59. The summed E-state index contributed by atoms with van der Waals surface area (Å²) in [7, 11) is 0. The van der Waals surface area contributed by atoms with Crippen molar-refractivity contribution in [3.05, 3.63) is 35.9 Å². The lowest BCUT2D eigenvalue weighted by Gasteiger charge is -2.36. The van der Waals surface area contributed by atoms with E-state index in [2.05, 4.69) is 24.0 Å². The summed E-state index contributed by atoms with van der Waals surface area (Å²) in [6.45, 7) is 7.48. The Morgan fingerprint density at radius 1 is 0.875 bits per heavy atom. The molecule has 2 amide bonds. The molecule has 0 bridgehead atoms. The molecule has 0 radical (unpaired) electrons. The van der Waals surface area contributed by atoms with Gasteiger partial charge in [-0.2, -0.15) is 0 Å². The molecule has 0 saturated carbocycles. The van der Waals surface area contributed by atoms with Gasteiger partial charge >= 0.3 is 11.8 Å². The zero-order valence-corrected chi connectivity index (χ0v) is 14.5. The van der Waals surface area contributed by atoms with Crippen LogP contribution in [0.3, 0.4) is 0 Å². The van der Waals surface area contributed by atoms with Crippen molar-refractivity contribution in [2.45, 2.75) is 26.3 Å². The van der Waals surface area contributed by atoms with Crippen molar-refractivity contribution >= 4 is 11.8 Å². The molecule has 2 aliphatic heterocycles. The van der Waals surface area contributed by atoms with Crippen molar-refractivity contribution in [3.8, 4) is 0 Å². The number of nitrogens with zero attached hydrogens (tertiary/aromatic N) is 3. The molecule has 5 nitrogen and oxygen atoms in total. The molecule has 1 aromatic rings. The summed E-state index contributed by atoms with van der Waals surface area (Å²) in [4.78, 5) is 30.7. The van der Waals surface area contributed by atoms with E-state index in [1.807, 2.05) is 18.2 Å². The number of hydrogen-bond acceptors (Lipinski definition) is 3. The second-order valence-corrected chi connectivity index (χ2v) is 7.03. The highest BCUT2D eigenvalue weighted by Crippen LogP contribution is 2.17. The minimum atomic E-state index is -0.316. The van der Waals surface area contributed by atoms with Gasteiger partial charge in [0.05, 0.1) is 0 Å². The van der Waals surface area contributed by atoms with Crippen LogP contribution in [0, 0.1) is 5.92 Å². The molecule has 5 heteroatoms. The first-order valence-corrected chi connectivity index (χ1v) is 8.98. The van der Waals surface area contributed by atoms with E-state index in [1.54, 1.807) is 9.80 Å². The third kappa shape index (κ3) is 4.15. The summed E-state index contributed by atoms with van der Waals surface area (Å²) in [5, 5.41) is 0. The maximum Gasteiger partial charge on any atom is 0.312 e. The smallest absolute Gasteiger partial charge is 0.312 e. The van der Waals surface area contributed by atoms with Gasteiger partial charge in [-0.1, -0.05) is 37.3 Å². The van der Waals surface area contributed by atoms with Gasteiger partial charge in [-0.3, -0.25) is 14.5 Å². The number of carbonyl (C=O) groups excluding carboxylic acids is 2. The van der Waals surface area contributed by atoms with Crippen LogP contribution in [0.2, 0.25) is 0 Å². The maximum atomic E-state index is 12.5. The summed E-state index contributed by atoms with van der Waals surface area (Å²) < 4.78 is 0. The quantitative estimate of drug-likeness (QED) is 0.774. The molecule has 0 N–H and O–H groups in total. The van der Waals surface area contributed by atoms with Crippen LogP contribution in [0.5, 0.6) is 0 Å². The minimum absolute atomic E-state index is 0.307. The van der Waals surface area contributed by atoms with E-state index in [9.17, 15) is 9.59 Å². The third-order valence-electron chi connectivity index (χ3n) is 5.16. The van der Waals surface area contributed by atoms with Crippen LogP contribution in [0.15, 0.2) is 30.3 Å². The number of rotatable bonds is 2. The molecule has 0 atom stereocenters. The zero-order chi connectivity index (χ0) is 16.9. The third-order valence-corrected chi connectivity index (χ3v) is 5.16. The van der Waals surface area contributed by atoms with Gasteiger partial charge in [0.1, 0.15) is 0 Å². The molecule has 130 valence electrons. The van der Waals surface area contributed by atoms with Crippen LogP contribution in [-0.4, -0.2) is 65.8 Å². The van der Waals surface area contributed by atoms with Crippen molar-refractivity contribution in [1.29, 1.82) is 0 Å². The van der Waals surface area contributed by atoms with Crippen LogP contribution in [0.25, 0.3) is 0 Å². The molecule has 0 aromatic heterocycles. The summed E-state index contributed by atoms with van der Waals surface area (Å²) in [6.07, 6.45) is 2.01. The Labute approximate surface area is 144 Å². The van der Waals surface area contributed by atoms with Crippen LogP contribution in [0.1, 0.15) is 25.3 Å². The number of carbonyl (C=O) groups is 2. The summed E-state index contributed by atoms with van der Waals surface area (Å²) in [5.74, 6) is 0.0352. The van der Waals surface area contributed by atoms with Crippen LogP contribution >= 0.6 is 0 Å². The van der Waals surface area contributed by atoms with E-state index >= 15 is 0 Å². The molecule has 0 spiro atoms. The standard InChI is InChI=1S/C19H27N3O2/c1-16-7-9-21(10-8-16)18(23)19(24)22-13-11-20(12-14-22)15-17-5-3-2-4-6-17/h2-6,16H,7-15H2,1H3. The normalized spacial score (nSPS) is 20.2. The zero-order valence-electron chi connectivity index (χ0n) is 14.5. The van der Waals surface area contributed by atoms with Crippen molar-refractivity contribution in [1.82, 2.24) is 14.7 Å². The summed E-state index contributed by atoms with van der Waals surface area (Å²) >= 11 is 0. The second-order valence-electron chi connectivity index (χ2n) is 7.03. The van der Waals surface area contributed by atoms with Crippen molar-refractivity contribution in [3.63, 3.8) is 0 Å². The first-order valence-electron chi connectivity index (χ1n) is 8.98. The Kier molecular flexibility index (Phi) is 5.51. The molecular formula is C19H27N3O2. The van der Waals surface area contributed by atoms with E-state index in [4.69, 9.17) is 0 Å². The van der Waals surface area contributed by atoms with Crippen molar-refractivity contribution in [2.24, 2.45) is 5.92 Å². The first kappa shape index (κ1) is 17.0. The van der Waals surface area contributed by atoms with Gasteiger partial charge in [-0.25, -0.2) is 0 Å². The molecule has 24 heavy (non-hydrogen) atoms. The lowest BCUT2D eigenvalue weighted by atomic mass is 9.99. The fourth-order valence-corrected chi connectivity index (χ4v) is 3.43. The fraction of sp³-hybridized carbons (Fsp3) is 0.579. The monoisotopic (exact) mass is 329 g/mol. The molecule has 0 aliphatic carbocycles. The Balaban J connectivity index is 1.47. The predicted molar refractivity (Wildman–Crippen MR) is 93.3 cm³/mol. The van der Waals surface area contributed by atoms with Gasteiger partial charge in [0.2, 0.25) is 0 Å². The lowest BCUT2D eigenvalue weighted by Crippen LogP contribution is -2.53. The molecule has 2 aliphatic rings. The van der Waals surface area contributed by atoms with Gasteiger partial charge < -0.3 is 9.80 Å². The summed E-state index contributed by atoms with van der Waals surface area (Å²) in [5.41, 5.74) is 1.29. The minimum Gasteiger partial charge on any atom is -0.334 e. The fourth-order valence-electron chi connectivity index (χ4n) is 3.43. The van der Waals surface area contributed by atoms with Crippen LogP contribution in [0.4, 0.5) is 0 Å². The van der Waals surface area contributed by atoms with E-state index in [1.165, 1.54) is 5.56 Å². The molecule has 2 saturated heterocycles. The number of amides is 2. The highest BCUT2D eigenvalue weighted by atomic mass is 16.2. The number of piperazine rings is 1. The number of hydrogen-bond donors (Lipinski definition) is 0. The number of piperidine rings is 1. The van der Waals surface area contributed by atoms with E-state index < -0.39 is 0 Å². The second kappa shape index (κ2) is 7.79. The van der Waals surface area contributed by atoms with Gasteiger partial charge in [0, 0.05) is 45.8 Å². The van der Waals surface area contributed by atoms with Crippen molar-refractivity contribution in [2.75, 3.05) is 39.3 Å². The first-order chi connectivity index (χ1) is 11.6. The van der Waals surface area contributed by atoms with E-state index in [0.717, 1.165) is 45.6 Å². The van der Waals surface area contributed by atoms with Crippen LogP contribution in [-0.2, 0) is 16.1 Å². The van der Waals surface area contributed by atoms with Gasteiger partial charge in [0.25, 0.3) is 0 Å². The van der Waals surface area contributed by atoms with Crippen molar-refractivity contribution < 1.29 is 9.59 Å². The molecular weight excluding hydrogens is 302 g/mol. The largest absolute Gasteiger partial charge is 0.334 e. The van der Waals surface area contributed by atoms with Gasteiger partial charge in [-0.15, -0.1) is 0 Å². The maximum absolute atomic E-state index is 12.5.